The summed E-state index contributed by atoms with van der Waals surface area (Å²) in [5, 5.41) is 0. The third kappa shape index (κ3) is 6.08. The third-order valence-corrected chi connectivity index (χ3v) is 4.43. The van der Waals surface area contributed by atoms with Gasteiger partial charge in [-0.1, -0.05) is 12.1 Å². The molecule has 1 aromatic carbocycles. The number of benzene rings is 1. The molecule has 1 fully saturated rings. The van der Waals surface area contributed by atoms with E-state index < -0.39 is 28.0 Å². The van der Waals surface area contributed by atoms with E-state index >= 15 is 0 Å². The van der Waals surface area contributed by atoms with Crippen LogP contribution in [0, 0.1) is 5.92 Å². The van der Waals surface area contributed by atoms with Gasteiger partial charge in [-0.3, -0.25) is 9.52 Å². The minimum absolute atomic E-state index is 0.0474. The van der Waals surface area contributed by atoms with E-state index in [0.29, 0.717) is 24.2 Å². The Morgan fingerprint density at radius 3 is 2.48 bits per heavy atom. The van der Waals surface area contributed by atoms with Crippen LogP contribution < -0.4 is 4.72 Å². The van der Waals surface area contributed by atoms with Gasteiger partial charge in [0.05, 0.1) is 12.2 Å². The lowest BCUT2D eigenvalue weighted by atomic mass is 9.97. The van der Waals surface area contributed by atoms with Crippen LogP contribution in [0.5, 0.6) is 0 Å². The molecule has 1 aliphatic rings. The lowest BCUT2D eigenvalue weighted by molar-refractivity contribution is -0.187. The molecule has 2 rings (SSSR count). The Balaban J connectivity index is 1.98. The number of anilines is 1. The summed E-state index contributed by atoms with van der Waals surface area (Å²) in [5.74, 6) is -1.94. The van der Waals surface area contributed by atoms with Crippen LogP contribution in [-0.4, -0.2) is 44.7 Å². The molecule has 5 nitrogen and oxygen atoms in total. The summed E-state index contributed by atoms with van der Waals surface area (Å²) in [6.07, 6.45) is -0.152. The number of rotatable bonds is 4. The summed E-state index contributed by atoms with van der Waals surface area (Å²) < 4.78 is 62.9. The zero-order valence-corrected chi connectivity index (χ0v) is 14.4. The normalized spacial score (nSPS) is 19.2. The van der Waals surface area contributed by atoms with Crippen LogP contribution in [-0.2, 0) is 14.8 Å². The van der Waals surface area contributed by atoms with Crippen LogP contribution in [0.2, 0.25) is 0 Å². The maximum atomic E-state index is 12.8. The summed E-state index contributed by atoms with van der Waals surface area (Å²) in [5.41, 5.74) is 1.02. The Morgan fingerprint density at radius 1 is 1.28 bits per heavy atom. The Labute approximate surface area is 144 Å². The van der Waals surface area contributed by atoms with E-state index in [0.717, 1.165) is 6.26 Å². The maximum absolute atomic E-state index is 12.8. The number of carbonyl (C=O) groups is 1. The zero-order chi connectivity index (χ0) is 18.7. The molecule has 0 spiro atoms. The van der Waals surface area contributed by atoms with E-state index in [1.807, 2.05) is 0 Å². The smallest absolute Gasteiger partial charge is 0.339 e. The molecule has 1 saturated heterocycles. The van der Waals surface area contributed by atoms with Crippen LogP contribution in [0.4, 0.5) is 18.9 Å². The van der Waals surface area contributed by atoms with Crippen LogP contribution in [0.25, 0.3) is 6.08 Å². The molecule has 9 heteroatoms. The number of nitrogens with one attached hydrogen (secondary N) is 1. The van der Waals surface area contributed by atoms with E-state index in [4.69, 9.17) is 0 Å². The first-order valence-electron chi connectivity index (χ1n) is 7.66. The summed E-state index contributed by atoms with van der Waals surface area (Å²) in [6, 6.07) is 6.27. The molecule has 0 aliphatic carbocycles. The fraction of sp³-hybridized carbons (Fsp3) is 0.438. The highest BCUT2D eigenvalue weighted by Crippen LogP contribution is 2.33. The molecule has 1 atom stereocenters. The SMILES string of the molecule is CS(=O)(=O)Nc1ccc(C=CC(=O)N2CCCC(C(F)(F)F)C2)cc1. The predicted molar refractivity (Wildman–Crippen MR) is 89.3 cm³/mol. The third-order valence-electron chi connectivity index (χ3n) is 3.83. The number of hydrogen-bond acceptors (Lipinski definition) is 3. The number of carbonyl (C=O) groups excluding carboxylic acids is 1. The highest BCUT2D eigenvalue weighted by molar-refractivity contribution is 7.92. The number of nitrogens with zero attached hydrogens (tertiary/aromatic N) is 1. The van der Waals surface area contributed by atoms with Gasteiger partial charge in [-0.25, -0.2) is 8.42 Å². The van der Waals surface area contributed by atoms with Crippen LogP contribution >= 0.6 is 0 Å². The molecule has 0 aromatic heterocycles. The van der Waals surface area contributed by atoms with Gasteiger partial charge in [-0.05, 0) is 36.6 Å². The molecular weight excluding hydrogens is 357 g/mol. The highest BCUT2D eigenvalue weighted by Gasteiger charge is 2.42. The van der Waals surface area contributed by atoms with Crippen molar-refractivity contribution in [1.82, 2.24) is 4.90 Å². The first-order chi connectivity index (χ1) is 11.5. The van der Waals surface area contributed by atoms with Gasteiger partial charge in [0, 0.05) is 24.9 Å². The molecule has 25 heavy (non-hydrogen) atoms. The number of hydrogen-bond donors (Lipinski definition) is 1. The number of halogens is 3. The lowest BCUT2D eigenvalue weighted by Gasteiger charge is -2.33. The molecule has 0 bridgehead atoms. The van der Waals surface area contributed by atoms with Crippen molar-refractivity contribution in [3.63, 3.8) is 0 Å². The van der Waals surface area contributed by atoms with E-state index in [2.05, 4.69) is 4.72 Å². The number of amides is 1. The number of piperidine rings is 1. The van der Waals surface area contributed by atoms with Crippen LogP contribution in [0.3, 0.4) is 0 Å². The van der Waals surface area contributed by atoms with Gasteiger partial charge < -0.3 is 4.90 Å². The average molecular weight is 376 g/mol. The van der Waals surface area contributed by atoms with Gasteiger partial charge >= 0.3 is 6.18 Å². The van der Waals surface area contributed by atoms with Gasteiger partial charge in [0.15, 0.2) is 0 Å². The van der Waals surface area contributed by atoms with Crippen LogP contribution in [0.1, 0.15) is 18.4 Å². The maximum Gasteiger partial charge on any atom is 0.393 e. The monoisotopic (exact) mass is 376 g/mol. The zero-order valence-electron chi connectivity index (χ0n) is 13.6. The largest absolute Gasteiger partial charge is 0.393 e. The number of alkyl halides is 3. The van der Waals surface area contributed by atoms with Crippen molar-refractivity contribution in [2.45, 2.75) is 19.0 Å². The Morgan fingerprint density at radius 2 is 1.92 bits per heavy atom. The van der Waals surface area contributed by atoms with E-state index in [1.54, 1.807) is 12.1 Å². The standard InChI is InChI=1S/C16H19F3N2O3S/c1-25(23,24)20-14-7-4-12(5-8-14)6-9-15(22)21-10-2-3-13(11-21)16(17,18)19/h4-9,13,20H,2-3,10-11H2,1H3. The molecule has 1 unspecified atom stereocenters. The first kappa shape index (κ1) is 19.3. The van der Waals surface area contributed by atoms with Crippen LogP contribution in [0.15, 0.2) is 30.3 Å². The van der Waals surface area contributed by atoms with Gasteiger partial charge in [-0.2, -0.15) is 13.2 Å². The average Bonchev–Trinajstić information content (AvgIpc) is 2.52. The van der Waals surface area contributed by atoms with Crippen molar-refractivity contribution >= 4 is 27.7 Å². The topological polar surface area (TPSA) is 66.5 Å². The highest BCUT2D eigenvalue weighted by atomic mass is 32.2. The molecule has 1 heterocycles. The second kappa shape index (κ2) is 7.47. The molecule has 0 saturated carbocycles. The Bertz CT molecular complexity index is 743. The summed E-state index contributed by atoms with van der Waals surface area (Å²) in [4.78, 5) is 13.3. The van der Waals surface area contributed by atoms with Gasteiger partial charge in [0.1, 0.15) is 0 Å². The number of likely N-dealkylation sites (tertiary alicyclic amines) is 1. The second-order valence-corrected chi connectivity index (χ2v) is 7.74. The molecule has 1 aromatic rings. The fourth-order valence-electron chi connectivity index (χ4n) is 2.59. The molecule has 1 N–H and O–H groups in total. The Hall–Kier alpha value is -2.03. The molecule has 1 aliphatic heterocycles. The Kier molecular flexibility index (Phi) is 5.76. The molecular formula is C16H19F3N2O3S. The van der Waals surface area contributed by atoms with Gasteiger partial charge in [-0.15, -0.1) is 0 Å². The summed E-state index contributed by atoms with van der Waals surface area (Å²) >= 11 is 0. The molecule has 138 valence electrons. The molecule has 0 radical (unpaired) electrons. The molecule has 1 amide bonds. The van der Waals surface area contributed by atoms with Gasteiger partial charge in [0.25, 0.3) is 0 Å². The van der Waals surface area contributed by atoms with Gasteiger partial charge in [0.2, 0.25) is 15.9 Å². The van der Waals surface area contributed by atoms with Crippen molar-refractivity contribution in [3.05, 3.63) is 35.9 Å². The summed E-state index contributed by atoms with van der Waals surface area (Å²) in [7, 11) is -3.37. The summed E-state index contributed by atoms with van der Waals surface area (Å²) in [6.45, 7) is -0.00311. The van der Waals surface area contributed by atoms with E-state index in [-0.39, 0.29) is 13.0 Å². The van der Waals surface area contributed by atoms with Crippen molar-refractivity contribution in [2.75, 3.05) is 24.1 Å². The second-order valence-electron chi connectivity index (χ2n) is 5.99. The number of sulfonamides is 1. The predicted octanol–water partition coefficient (Wildman–Crippen LogP) is 2.87. The van der Waals surface area contributed by atoms with Crippen molar-refractivity contribution in [3.8, 4) is 0 Å². The quantitative estimate of drug-likeness (QED) is 0.822. The van der Waals surface area contributed by atoms with E-state index in [1.165, 1.54) is 29.2 Å². The van der Waals surface area contributed by atoms with Crippen molar-refractivity contribution in [2.24, 2.45) is 5.92 Å². The van der Waals surface area contributed by atoms with Crippen molar-refractivity contribution in [1.29, 1.82) is 0 Å². The van der Waals surface area contributed by atoms with Crippen molar-refractivity contribution < 1.29 is 26.4 Å². The minimum atomic E-state index is -4.29. The fourth-order valence-corrected chi connectivity index (χ4v) is 3.16. The lowest BCUT2D eigenvalue weighted by Crippen LogP contribution is -2.44. The first-order valence-corrected chi connectivity index (χ1v) is 9.55. The van der Waals surface area contributed by atoms with E-state index in [9.17, 15) is 26.4 Å². The minimum Gasteiger partial charge on any atom is -0.339 e.